The van der Waals surface area contributed by atoms with Crippen molar-refractivity contribution in [3.8, 4) is 22.4 Å². The van der Waals surface area contributed by atoms with E-state index < -0.39 is 9.84 Å². The van der Waals surface area contributed by atoms with E-state index in [1.165, 1.54) is 6.20 Å². The van der Waals surface area contributed by atoms with Crippen LogP contribution < -0.4 is 0 Å². The van der Waals surface area contributed by atoms with Crippen LogP contribution in [-0.4, -0.2) is 24.6 Å². The minimum absolute atomic E-state index is 0.117. The summed E-state index contributed by atoms with van der Waals surface area (Å²) in [5.74, 6) is 0. The van der Waals surface area contributed by atoms with Crippen LogP contribution in [0.15, 0.2) is 59.8 Å². The van der Waals surface area contributed by atoms with E-state index in [4.69, 9.17) is 11.6 Å². The van der Waals surface area contributed by atoms with Crippen LogP contribution >= 0.6 is 11.6 Å². The van der Waals surface area contributed by atoms with Crippen LogP contribution in [0, 0.1) is 6.92 Å². The van der Waals surface area contributed by atoms with E-state index in [9.17, 15) is 8.42 Å². The van der Waals surface area contributed by atoms with Crippen LogP contribution in [0.4, 0.5) is 0 Å². The second-order valence-electron chi connectivity index (χ2n) is 5.49. The monoisotopic (exact) mass is 358 g/mol. The molecule has 6 heteroatoms. The van der Waals surface area contributed by atoms with Gasteiger partial charge in [0.05, 0.1) is 10.7 Å². The third kappa shape index (κ3) is 3.18. The van der Waals surface area contributed by atoms with E-state index in [0.29, 0.717) is 21.8 Å². The molecule has 2 heterocycles. The first-order chi connectivity index (χ1) is 11.4. The van der Waals surface area contributed by atoms with Gasteiger partial charge >= 0.3 is 0 Å². The van der Waals surface area contributed by atoms with Gasteiger partial charge < -0.3 is 0 Å². The number of pyridine rings is 2. The zero-order valence-electron chi connectivity index (χ0n) is 13.2. The average Bonchev–Trinajstić information content (AvgIpc) is 2.55. The van der Waals surface area contributed by atoms with Crippen LogP contribution in [0.5, 0.6) is 0 Å². The number of aromatic nitrogens is 2. The van der Waals surface area contributed by atoms with Gasteiger partial charge in [0.1, 0.15) is 4.90 Å². The number of halogens is 1. The number of hydrogen-bond acceptors (Lipinski definition) is 4. The van der Waals surface area contributed by atoms with E-state index in [1.54, 1.807) is 6.20 Å². The first-order valence-electron chi connectivity index (χ1n) is 7.25. The Morgan fingerprint density at radius 2 is 1.62 bits per heavy atom. The molecule has 0 amide bonds. The second-order valence-corrected chi connectivity index (χ2v) is 7.85. The van der Waals surface area contributed by atoms with Gasteiger partial charge in [0.25, 0.3) is 0 Å². The third-order valence-electron chi connectivity index (χ3n) is 3.61. The van der Waals surface area contributed by atoms with Gasteiger partial charge in [0.2, 0.25) is 0 Å². The zero-order chi connectivity index (χ0) is 17.3. The highest BCUT2D eigenvalue weighted by molar-refractivity contribution is 7.91. The van der Waals surface area contributed by atoms with Crippen LogP contribution in [0.1, 0.15) is 5.69 Å². The summed E-state index contributed by atoms with van der Waals surface area (Å²) < 4.78 is 25.0. The summed E-state index contributed by atoms with van der Waals surface area (Å²) in [7, 11) is -3.57. The number of aryl methyl sites for hydroxylation is 1. The van der Waals surface area contributed by atoms with Crippen molar-refractivity contribution in [1.82, 2.24) is 9.97 Å². The van der Waals surface area contributed by atoms with E-state index in [2.05, 4.69) is 9.97 Å². The lowest BCUT2D eigenvalue weighted by atomic mass is 10.0. The molecule has 2 aromatic heterocycles. The molecule has 0 atom stereocenters. The van der Waals surface area contributed by atoms with E-state index >= 15 is 0 Å². The Labute approximate surface area is 146 Å². The topological polar surface area (TPSA) is 59.9 Å². The fraction of sp³-hybridized carbons (Fsp3) is 0.111. The van der Waals surface area contributed by atoms with Crippen LogP contribution in [0.3, 0.4) is 0 Å². The maximum absolute atomic E-state index is 12.5. The van der Waals surface area contributed by atoms with Gasteiger partial charge in [-0.1, -0.05) is 41.9 Å². The van der Waals surface area contributed by atoms with Gasteiger partial charge in [-0.05, 0) is 24.6 Å². The fourth-order valence-electron chi connectivity index (χ4n) is 2.52. The highest BCUT2D eigenvalue weighted by Crippen LogP contribution is 2.38. The molecule has 0 spiro atoms. The molecule has 0 aliphatic heterocycles. The minimum atomic E-state index is -3.57. The summed E-state index contributed by atoms with van der Waals surface area (Å²) in [6.07, 6.45) is 4.26. The smallest absolute Gasteiger partial charge is 0.178 e. The highest BCUT2D eigenvalue weighted by atomic mass is 35.5. The Hall–Kier alpha value is -2.24. The van der Waals surface area contributed by atoms with Crippen LogP contribution in [-0.2, 0) is 9.84 Å². The Balaban J connectivity index is 2.38. The van der Waals surface area contributed by atoms with Gasteiger partial charge in [-0.25, -0.2) is 8.42 Å². The third-order valence-corrected chi connectivity index (χ3v) is 5.03. The maximum atomic E-state index is 12.5. The molecule has 0 radical (unpaired) electrons. The van der Waals surface area contributed by atoms with Gasteiger partial charge in [-0.3, -0.25) is 9.97 Å². The van der Waals surface area contributed by atoms with E-state index in [1.807, 2.05) is 49.4 Å². The molecule has 0 fully saturated rings. The number of hydrogen-bond donors (Lipinski definition) is 0. The molecule has 0 aliphatic rings. The summed E-state index contributed by atoms with van der Waals surface area (Å²) in [5.41, 5.74) is 3.03. The fourth-order valence-corrected chi connectivity index (χ4v) is 3.95. The van der Waals surface area contributed by atoms with Gasteiger partial charge in [0, 0.05) is 35.5 Å². The highest BCUT2D eigenvalue weighted by Gasteiger charge is 2.24. The van der Waals surface area contributed by atoms with Crippen molar-refractivity contribution in [2.45, 2.75) is 11.8 Å². The van der Waals surface area contributed by atoms with Crippen molar-refractivity contribution in [2.24, 2.45) is 0 Å². The van der Waals surface area contributed by atoms with Gasteiger partial charge in [-0.2, -0.15) is 0 Å². The molecular formula is C18H15ClN2O2S. The largest absolute Gasteiger partial charge is 0.261 e. The SMILES string of the molecule is Cc1ccc(-c2ncc(Cl)c(-c3ccccc3)c2S(C)(=O)=O)cn1. The Morgan fingerprint density at radius 3 is 2.21 bits per heavy atom. The standard InChI is InChI=1S/C18H15ClN2O2S/c1-12-8-9-14(10-20-12)17-18(24(2,22)23)16(15(19)11-21-17)13-6-4-3-5-7-13/h3-11H,1-2H3. The lowest BCUT2D eigenvalue weighted by Gasteiger charge is -2.14. The Bertz CT molecular complexity index is 986. The summed E-state index contributed by atoms with van der Waals surface area (Å²) in [5, 5.41) is 0.297. The molecule has 4 nitrogen and oxygen atoms in total. The summed E-state index contributed by atoms with van der Waals surface area (Å²) in [6, 6.07) is 12.8. The lowest BCUT2D eigenvalue weighted by molar-refractivity contribution is 0.602. The van der Waals surface area contributed by atoms with Crippen LogP contribution in [0.2, 0.25) is 5.02 Å². The lowest BCUT2D eigenvalue weighted by Crippen LogP contribution is -2.05. The zero-order valence-corrected chi connectivity index (χ0v) is 14.8. The van der Waals surface area contributed by atoms with Gasteiger partial charge in [-0.15, -0.1) is 0 Å². The number of nitrogens with zero attached hydrogens (tertiary/aromatic N) is 2. The van der Waals surface area contributed by atoms with Crippen LogP contribution in [0.25, 0.3) is 22.4 Å². The molecular weight excluding hydrogens is 344 g/mol. The van der Waals surface area contributed by atoms with Crippen molar-refractivity contribution in [1.29, 1.82) is 0 Å². The number of sulfone groups is 1. The molecule has 122 valence electrons. The molecule has 0 N–H and O–H groups in total. The Kier molecular flexibility index (Phi) is 4.39. The number of rotatable bonds is 3. The molecule has 0 aliphatic carbocycles. The summed E-state index contributed by atoms with van der Waals surface area (Å²) >= 11 is 6.31. The van der Waals surface area contributed by atoms with Crippen molar-refractivity contribution >= 4 is 21.4 Å². The molecule has 1 aromatic carbocycles. The molecule has 0 bridgehead atoms. The minimum Gasteiger partial charge on any atom is -0.261 e. The van der Waals surface area contributed by atoms with E-state index in [-0.39, 0.29) is 4.90 Å². The molecule has 3 aromatic rings. The Morgan fingerprint density at radius 1 is 0.917 bits per heavy atom. The van der Waals surface area contributed by atoms with Gasteiger partial charge in [0.15, 0.2) is 9.84 Å². The predicted octanol–water partition coefficient (Wildman–Crippen LogP) is 4.18. The molecule has 0 saturated carbocycles. The molecule has 24 heavy (non-hydrogen) atoms. The maximum Gasteiger partial charge on any atom is 0.178 e. The second kappa shape index (κ2) is 6.34. The summed E-state index contributed by atoms with van der Waals surface area (Å²) in [6.45, 7) is 1.87. The first-order valence-corrected chi connectivity index (χ1v) is 9.52. The number of benzene rings is 1. The molecule has 3 rings (SSSR count). The quantitative estimate of drug-likeness (QED) is 0.704. The molecule has 0 saturated heterocycles. The van der Waals surface area contributed by atoms with E-state index in [0.717, 1.165) is 17.5 Å². The van der Waals surface area contributed by atoms with Crippen molar-refractivity contribution in [2.75, 3.05) is 6.26 Å². The predicted molar refractivity (Wildman–Crippen MR) is 95.8 cm³/mol. The summed E-state index contributed by atoms with van der Waals surface area (Å²) in [4.78, 5) is 8.63. The van der Waals surface area contributed by atoms with Crippen molar-refractivity contribution in [3.63, 3.8) is 0 Å². The van der Waals surface area contributed by atoms with Crippen molar-refractivity contribution < 1.29 is 8.42 Å². The average molecular weight is 359 g/mol. The first kappa shape index (κ1) is 16.6. The van der Waals surface area contributed by atoms with Crippen molar-refractivity contribution in [3.05, 3.63) is 65.6 Å². The molecule has 0 unspecified atom stereocenters. The normalized spacial score (nSPS) is 11.5.